The molecule has 1 fully saturated rings. The Morgan fingerprint density at radius 3 is 2.50 bits per heavy atom. The van der Waals surface area contributed by atoms with Crippen molar-refractivity contribution in [1.82, 2.24) is 4.31 Å². The smallest absolute Gasteiger partial charge is 0.243 e. The number of ether oxygens (including phenoxy) is 1. The molecule has 0 radical (unpaired) electrons. The summed E-state index contributed by atoms with van der Waals surface area (Å²) in [6, 6.07) is 14.8. The first-order valence-electron chi connectivity index (χ1n) is 9.80. The van der Waals surface area contributed by atoms with Gasteiger partial charge in [-0.15, -0.1) is 0 Å². The van der Waals surface area contributed by atoms with Gasteiger partial charge in [0.05, 0.1) is 23.8 Å². The van der Waals surface area contributed by atoms with E-state index in [2.05, 4.69) is 4.99 Å². The van der Waals surface area contributed by atoms with E-state index in [0.717, 1.165) is 33.2 Å². The highest BCUT2D eigenvalue weighted by atomic mass is 32.2. The maximum atomic E-state index is 12.8. The van der Waals surface area contributed by atoms with Gasteiger partial charge < -0.3 is 16.2 Å². The molecule has 1 saturated heterocycles. The topological polar surface area (TPSA) is 111 Å². The van der Waals surface area contributed by atoms with Gasteiger partial charge in [0.15, 0.2) is 0 Å². The van der Waals surface area contributed by atoms with Gasteiger partial charge in [-0.25, -0.2) is 13.4 Å². The summed E-state index contributed by atoms with van der Waals surface area (Å²) in [6.45, 7) is 1.61. The summed E-state index contributed by atoms with van der Waals surface area (Å²) in [5.74, 6) is 0.504. The number of amidine groups is 1. The minimum Gasteiger partial charge on any atom is -0.398 e. The first-order chi connectivity index (χ1) is 14.4. The minimum atomic E-state index is -3.50. The van der Waals surface area contributed by atoms with Crippen molar-refractivity contribution in [2.24, 2.45) is 10.7 Å². The van der Waals surface area contributed by atoms with Crippen LogP contribution in [0.15, 0.2) is 58.4 Å². The fraction of sp³-hybridized carbons (Fsp3) is 0.227. The number of benzene rings is 3. The Labute approximate surface area is 175 Å². The van der Waals surface area contributed by atoms with Crippen LogP contribution in [0, 0.1) is 0 Å². The predicted molar refractivity (Wildman–Crippen MR) is 118 cm³/mol. The van der Waals surface area contributed by atoms with Gasteiger partial charge in [0.2, 0.25) is 10.0 Å². The van der Waals surface area contributed by atoms with Crippen LogP contribution in [0.1, 0.15) is 16.7 Å². The van der Waals surface area contributed by atoms with Crippen LogP contribution in [-0.2, 0) is 21.2 Å². The zero-order valence-corrected chi connectivity index (χ0v) is 17.2. The third-order valence-electron chi connectivity index (χ3n) is 5.71. The highest BCUT2D eigenvalue weighted by molar-refractivity contribution is 7.89. The lowest BCUT2D eigenvalue weighted by molar-refractivity contribution is 0.0730. The molecule has 7 nitrogen and oxygen atoms in total. The second kappa shape index (κ2) is 7.09. The van der Waals surface area contributed by atoms with Gasteiger partial charge in [0.1, 0.15) is 5.84 Å². The van der Waals surface area contributed by atoms with E-state index in [1.54, 1.807) is 12.1 Å². The number of nitrogen functional groups attached to an aromatic ring is 1. The van der Waals surface area contributed by atoms with Crippen LogP contribution in [0.3, 0.4) is 0 Å². The molecule has 0 bridgehead atoms. The van der Waals surface area contributed by atoms with Gasteiger partial charge >= 0.3 is 0 Å². The van der Waals surface area contributed by atoms with E-state index >= 15 is 0 Å². The molecule has 3 aromatic carbocycles. The Bertz CT molecular complexity index is 1280. The van der Waals surface area contributed by atoms with Crippen LogP contribution < -0.4 is 11.5 Å². The molecule has 0 atom stereocenters. The molecule has 0 unspecified atom stereocenters. The molecule has 0 saturated carbocycles. The maximum absolute atomic E-state index is 12.8. The number of morpholine rings is 1. The van der Waals surface area contributed by atoms with Crippen molar-refractivity contribution >= 4 is 38.0 Å². The number of sulfonamides is 1. The summed E-state index contributed by atoms with van der Waals surface area (Å²) in [7, 11) is -3.50. The molecule has 2 heterocycles. The van der Waals surface area contributed by atoms with E-state index < -0.39 is 10.0 Å². The summed E-state index contributed by atoms with van der Waals surface area (Å²) in [5.41, 5.74) is 16.9. The number of hydrogen-bond donors (Lipinski definition) is 2. The van der Waals surface area contributed by atoms with Crippen LogP contribution >= 0.6 is 0 Å². The van der Waals surface area contributed by atoms with Crippen molar-refractivity contribution in [3.63, 3.8) is 0 Å². The van der Waals surface area contributed by atoms with Crippen LogP contribution in [0.5, 0.6) is 0 Å². The highest BCUT2D eigenvalue weighted by Crippen LogP contribution is 2.40. The summed E-state index contributed by atoms with van der Waals surface area (Å²) in [5, 5.41) is 1.93. The number of hydrogen-bond acceptors (Lipinski definition) is 6. The zero-order valence-electron chi connectivity index (χ0n) is 16.3. The number of nitrogens with two attached hydrogens (primary N) is 2. The summed E-state index contributed by atoms with van der Waals surface area (Å²) >= 11 is 0. The molecule has 2 aliphatic rings. The number of rotatable bonds is 4. The molecule has 154 valence electrons. The third-order valence-corrected chi connectivity index (χ3v) is 7.62. The lowest BCUT2D eigenvalue weighted by Gasteiger charge is -2.26. The second-order valence-corrected chi connectivity index (χ2v) is 9.47. The van der Waals surface area contributed by atoms with Crippen LogP contribution in [-0.4, -0.2) is 44.9 Å². The average molecular weight is 423 g/mol. The number of anilines is 1. The first kappa shape index (κ1) is 19.0. The van der Waals surface area contributed by atoms with Gasteiger partial charge in [-0.3, -0.25) is 0 Å². The van der Waals surface area contributed by atoms with Gasteiger partial charge in [-0.2, -0.15) is 4.31 Å². The van der Waals surface area contributed by atoms with Crippen molar-refractivity contribution in [3.05, 3.63) is 65.2 Å². The van der Waals surface area contributed by atoms with E-state index in [1.807, 2.05) is 36.4 Å². The normalized spacial score (nSPS) is 16.7. The molecule has 5 rings (SSSR count). The maximum Gasteiger partial charge on any atom is 0.243 e. The first-order valence-corrected chi connectivity index (χ1v) is 11.2. The Balaban J connectivity index is 1.45. The third kappa shape index (κ3) is 3.04. The van der Waals surface area contributed by atoms with Crippen molar-refractivity contribution in [2.75, 3.05) is 32.0 Å². The quantitative estimate of drug-likeness (QED) is 0.627. The largest absolute Gasteiger partial charge is 0.398 e. The van der Waals surface area contributed by atoms with E-state index in [1.165, 1.54) is 4.31 Å². The van der Waals surface area contributed by atoms with E-state index in [9.17, 15) is 8.42 Å². The highest BCUT2D eigenvalue weighted by Gasteiger charge is 2.26. The van der Waals surface area contributed by atoms with Crippen molar-refractivity contribution < 1.29 is 13.2 Å². The van der Waals surface area contributed by atoms with E-state index in [4.69, 9.17) is 16.2 Å². The van der Waals surface area contributed by atoms with Crippen molar-refractivity contribution in [1.29, 1.82) is 0 Å². The lowest BCUT2D eigenvalue weighted by atomic mass is 9.96. The zero-order chi connectivity index (χ0) is 20.9. The van der Waals surface area contributed by atoms with Gasteiger partial charge in [0, 0.05) is 35.1 Å². The molecular weight excluding hydrogens is 400 g/mol. The fourth-order valence-corrected chi connectivity index (χ4v) is 5.52. The van der Waals surface area contributed by atoms with Crippen molar-refractivity contribution in [2.45, 2.75) is 11.3 Å². The lowest BCUT2D eigenvalue weighted by Crippen LogP contribution is -2.40. The molecule has 3 aromatic rings. The monoisotopic (exact) mass is 422 g/mol. The molecule has 2 aliphatic heterocycles. The minimum absolute atomic E-state index is 0.292. The Morgan fingerprint density at radius 2 is 1.77 bits per heavy atom. The van der Waals surface area contributed by atoms with Gasteiger partial charge in [-0.05, 0) is 35.7 Å². The standard InChI is InChI=1S/C22H22N4O3S/c23-21-15(13-19-20-17(21)2-1-3-18(20)22(24)25-19)12-14-4-6-16(7-5-14)30(27,28)26-8-10-29-11-9-26/h1-7,13H,8-12,23H2,(H2,24,25). The molecule has 4 N–H and O–H groups in total. The van der Waals surface area contributed by atoms with E-state index in [-0.39, 0.29) is 0 Å². The molecule has 30 heavy (non-hydrogen) atoms. The SMILES string of the molecule is NC1=Nc2cc(Cc3ccc(S(=O)(=O)N4CCOCC4)cc3)c(N)c3cccc1c23. The molecule has 0 amide bonds. The van der Waals surface area contributed by atoms with E-state index in [0.29, 0.717) is 49.1 Å². The Morgan fingerprint density at radius 1 is 1.03 bits per heavy atom. The fourth-order valence-electron chi connectivity index (χ4n) is 4.11. The second-order valence-electron chi connectivity index (χ2n) is 7.53. The molecule has 8 heteroatoms. The van der Waals surface area contributed by atoms with Gasteiger partial charge in [0.25, 0.3) is 0 Å². The van der Waals surface area contributed by atoms with Crippen LogP contribution in [0.2, 0.25) is 0 Å². The molecular formula is C22H22N4O3S. The molecule has 0 aromatic heterocycles. The Kier molecular flexibility index (Phi) is 4.50. The summed E-state index contributed by atoms with van der Waals surface area (Å²) < 4.78 is 32.3. The molecule has 0 aliphatic carbocycles. The predicted octanol–water partition coefficient (Wildman–Crippen LogP) is 2.38. The number of aliphatic imine (C=N–C) groups is 1. The molecule has 0 spiro atoms. The summed E-state index contributed by atoms with van der Waals surface area (Å²) in [6.07, 6.45) is 0.576. The van der Waals surface area contributed by atoms with Gasteiger partial charge in [-0.1, -0.05) is 30.3 Å². The van der Waals surface area contributed by atoms with Crippen LogP contribution in [0.25, 0.3) is 10.8 Å². The van der Waals surface area contributed by atoms with Crippen LogP contribution in [0.4, 0.5) is 11.4 Å². The Hall–Kier alpha value is -2.94. The van der Waals surface area contributed by atoms with Crippen molar-refractivity contribution in [3.8, 4) is 0 Å². The average Bonchev–Trinajstić information content (AvgIpc) is 3.09. The summed E-state index contributed by atoms with van der Waals surface area (Å²) in [4.78, 5) is 4.77. The number of nitrogens with zero attached hydrogens (tertiary/aromatic N) is 2.